The van der Waals surface area contributed by atoms with Gasteiger partial charge in [0.25, 0.3) is 0 Å². The highest BCUT2D eigenvalue weighted by atomic mass is 32.2. The maximum absolute atomic E-state index is 12.7. The van der Waals surface area contributed by atoms with Gasteiger partial charge in [0.15, 0.2) is 5.75 Å². The molecule has 0 amide bonds. The average Bonchev–Trinajstić information content (AvgIpc) is 3.38. The SMILES string of the molecule is OB(O)Oc1c(F)c(F)c(F)c(F)c1F.c1ccc(Sc2ccc(P(c3ccccc3)c3ccccc3)cc2)cc1.c1ccc(Sc2ccc(P(c3ccccc3)c3ccccc3)cc2)cc1. The summed E-state index contributed by atoms with van der Waals surface area (Å²) < 4.78 is 66.3. The molecule has 0 aliphatic rings. The fourth-order valence-corrected chi connectivity index (χ4v) is 12.8. The third-order valence-electron chi connectivity index (χ3n) is 9.60. The van der Waals surface area contributed by atoms with Gasteiger partial charge in [-0.05, 0) is 96.2 Å². The predicted octanol–water partition coefficient (Wildman–Crippen LogP) is 11.9. The molecule has 0 aliphatic carbocycles. The van der Waals surface area contributed by atoms with Crippen molar-refractivity contribution in [1.82, 2.24) is 0 Å². The van der Waals surface area contributed by atoms with Crippen molar-refractivity contribution in [3.8, 4) is 5.75 Å². The Morgan fingerprint density at radius 3 is 0.791 bits per heavy atom. The summed E-state index contributed by atoms with van der Waals surface area (Å²) >= 11 is 3.61. The van der Waals surface area contributed by atoms with Crippen LogP contribution in [0, 0.1) is 29.1 Å². The van der Waals surface area contributed by atoms with Crippen molar-refractivity contribution in [2.24, 2.45) is 0 Å². The topological polar surface area (TPSA) is 49.7 Å². The molecular formula is C54H40BF5O3P2S2. The molecule has 0 atom stereocenters. The van der Waals surface area contributed by atoms with Gasteiger partial charge >= 0.3 is 7.32 Å². The smallest absolute Gasteiger partial charge is 0.507 e. The lowest BCUT2D eigenvalue weighted by atomic mass is 10.2. The van der Waals surface area contributed by atoms with E-state index in [0.717, 1.165) is 0 Å². The van der Waals surface area contributed by atoms with E-state index in [1.165, 1.54) is 51.4 Å². The van der Waals surface area contributed by atoms with Crippen molar-refractivity contribution in [2.75, 3.05) is 0 Å². The number of hydrogen-bond acceptors (Lipinski definition) is 5. The fourth-order valence-electron chi connectivity index (χ4n) is 6.57. The van der Waals surface area contributed by atoms with Crippen LogP contribution in [0.2, 0.25) is 0 Å². The van der Waals surface area contributed by atoms with E-state index in [1.54, 1.807) is 23.5 Å². The Labute approximate surface area is 398 Å². The Kier molecular flexibility index (Phi) is 18.0. The Morgan fingerprint density at radius 1 is 0.299 bits per heavy atom. The third-order valence-corrected chi connectivity index (χ3v) is 16.5. The Morgan fingerprint density at radius 2 is 0.522 bits per heavy atom. The monoisotopic (exact) mass is 968 g/mol. The Bertz CT molecular complexity index is 2630. The molecule has 2 N–H and O–H groups in total. The summed E-state index contributed by atoms with van der Waals surface area (Å²) in [7, 11) is -3.75. The largest absolute Gasteiger partial charge is 0.707 e. The first-order valence-corrected chi connectivity index (χ1v) is 25.0. The maximum atomic E-state index is 12.7. The van der Waals surface area contributed by atoms with Gasteiger partial charge in [0.05, 0.1) is 0 Å². The molecule has 0 aromatic heterocycles. The van der Waals surface area contributed by atoms with Crippen molar-refractivity contribution in [3.05, 3.63) is 260 Å². The summed E-state index contributed by atoms with van der Waals surface area (Å²) in [4.78, 5) is 5.09. The zero-order valence-corrected chi connectivity index (χ0v) is 38.8. The van der Waals surface area contributed by atoms with Gasteiger partial charge in [-0.1, -0.05) is 206 Å². The van der Waals surface area contributed by atoms with Crippen molar-refractivity contribution >= 4 is 78.5 Å². The highest BCUT2D eigenvalue weighted by Gasteiger charge is 2.29. The molecule has 334 valence electrons. The summed E-state index contributed by atoms with van der Waals surface area (Å²) in [6.07, 6.45) is 0. The average molecular weight is 969 g/mol. The van der Waals surface area contributed by atoms with Crippen molar-refractivity contribution in [2.45, 2.75) is 19.6 Å². The van der Waals surface area contributed by atoms with Gasteiger partial charge in [-0.25, -0.2) is 13.2 Å². The van der Waals surface area contributed by atoms with Crippen LogP contribution in [-0.2, 0) is 0 Å². The number of halogens is 5. The zero-order chi connectivity index (χ0) is 47.0. The minimum atomic E-state index is -2.70. The van der Waals surface area contributed by atoms with E-state index in [9.17, 15) is 22.0 Å². The molecule has 0 fully saturated rings. The molecule has 0 saturated carbocycles. The van der Waals surface area contributed by atoms with Crippen LogP contribution < -0.4 is 36.5 Å². The molecule has 0 heterocycles. The van der Waals surface area contributed by atoms with Crippen LogP contribution in [0.3, 0.4) is 0 Å². The standard InChI is InChI=1S/2C24H19PS.C6H2BF5O3/c2*1-4-10-20(11-5-1)25(21-12-6-2-7-13-21)22-16-18-24(19-17-22)26-23-14-8-3-9-15-23;8-1-2(9)4(11)6(15-7(13)14)5(12)3(1)10/h2*1-19H;13-14H. The van der Waals surface area contributed by atoms with Gasteiger partial charge in [0.1, 0.15) is 0 Å². The van der Waals surface area contributed by atoms with E-state index in [-0.39, 0.29) is 0 Å². The Hall–Kier alpha value is -6.03. The highest BCUT2D eigenvalue weighted by molar-refractivity contribution is 7.99. The summed E-state index contributed by atoms with van der Waals surface area (Å²) in [5.74, 6) is -13.1. The second-order valence-corrected chi connectivity index (χ2v) is 20.9. The fraction of sp³-hybridized carbons (Fsp3) is 0. The lowest BCUT2D eigenvalue weighted by Crippen LogP contribution is -2.23. The minimum Gasteiger partial charge on any atom is -0.507 e. The van der Waals surface area contributed by atoms with Crippen LogP contribution >= 0.6 is 39.4 Å². The van der Waals surface area contributed by atoms with Crippen LogP contribution in [0.4, 0.5) is 22.0 Å². The molecule has 0 aliphatic heterocycles. The van der Waals surface area contributed by atoms with E-state index >= 15 is 0 Å². The quantitative estimate of drug-likeness (QED) is 0.0420. The molecule has 9 aromatic rings. The second kappa shape index (κ2) is 24.7. The van der Waals surface area contributed by atoms with Gasteiger partial charge in [-0.2, -0.15) is 8.78 Å². The van der Waals surface area contributed by atoms with Gasteiger partial charge in [-0.3, -0.25) is 0 Å². The van der Waals surface area contributed by atoms with Crippen LogP contribution in [0.25, 0.3) is 0 Å². The first-order chi connectivity index (χ1) is 32.7. The van der Waals surface area contributed by atoms with Gasteiger partial charge in [-0.15, -0.1) is 0 Å². The molecule has 3 nitrogen and oxygen atoms in total. The molecule has 0 radical (unpaired) electrons. The predicted molar refractivity (Wildman–Crippen MR) is 268 cm³/mol. The Balaban J connectivity index is 0.000000155. The van der Waals surface area contributed by atoms with Crippen LogP contribution in [0.15, 0.2) is 250 Å². The third kappa shape index (κ3) is 13.5. The lowest BCUT2D eigenvalue weighted by Gasteiger charge is -2.19. The van der Waals surface area contributed by atoms with E-state index in [0.29, 0.717) is 0 Å². The maximum Gasteiger partial charge on any atom is 0.707 e. The van der Waals surface area contributed by atoms with Crippen molar-refractivity contribution in [3.63, 3.8) is 0 Å². The summed E-state index contributed by atoms with van der Waals surface area (Å²) in [6.45, 7) is 0. The second-order valence-electron chi connectivity index (χ2n) is 14.2. The highest BCUT2D eigenvalue weighted by Crippen LogP contribution is 2.36. The normalized spacial score (nSPS) is 10.7. The molecule has 67 heavy (non-hydrogen) atoms. The summed E-state index contributed by atoms with van der Waals surface area (Å²) in [5, 5.41) is 24.6. The van der Waals surface area contributed by atoms with Crippen LogP contribution in [0.5, 0.6) is 5.75 Å². The first kappa shape index (κ1) is 48.9. The molecule has 0 bridgehead atoms. The molecule has 0 unspecified atom stereocenters. The van der Waals surface area contributed by atoms with Crippen LogP contribution in [-0.4, -0.2) is 17.4 Å². The number of benzene rings is 9. The number of hydrogen-bond donors (Lipinski definition) is 2. The van der Waals surface area contributed by atoms with Gasteiger partial charge < -0.3 is 14.7 Å². The first-order valence-electron chi connectivity index (χ1n) is 20.7. The van der Waals surface area contributed by atoms with Crippen LogP contribution in [0.1, 0.15) is 0 Å². The van der Waals surface area contributed by atoms with E-state index in [1.807, 2.05) is 0 Å². The zero-order valence-electron chi connectivity index (χ0n) is 35.4. The summed E-state index contributed by atoms with van der Waals surface area (Å²) in [6, 6.07) is 82.5. The summed E-state index contributed by atoms with van der Waals surface area (Å²) in [5.41, 5.74) is 0. The van der Waals surface area contributed by atoms with E-state index < -0.39 is 58.0 Å². The molecule has 9 aromatic carbocycles. The van der Waals surface area contributed by atoms with Crippen molar-refractivity contribution in [1.29, 1.82) is 0 Å². The lowest BCUT2D eigenvalue weighted by molar-refractivity contribution is 0.263. The molecule has 0 spiro atoms. The minimum absolute atomic E-state index is 0.527. The van der Waals surface area contributed by atoms with E-state index in [2.05, 4.69) is 235 Å². The van der Waals surface area contributed by atoms with E-state index in [4.69, 9.17) is 10.0 Å². The number of rotatable bonds is 12. The van der Waals surface area contributed by atoms with Gasteiger partial charge in [0, 0.05) is 19.6 Å². The molecule has 9 rings (SSSR count). The molecule has 13 heteroatoms. The van der Waals surface area contributed by atoms with Gasteiger partial charge in [0.2, 0.25) is 29.1 Å². The van der Waals surface area contributed by atoms with Crippen molar-refractivity contribution < 1.29 is 36.7 Å². The molecular weight excluding hydrogens is 928 g/mol. The molecule has 0 saturated heterocycles.